The lowest BCUT2D eigenvalue weighted by molar-refractivity contribution is -0.193. The Hall–Kier alpha value is -2.80. The predicted octanol–water partition coefficient (Wildman–Crippen LogP) is 5.58. The van der Waals surface area contributed by atoms with Crippen LogP contribution in [0.1, 0.15) is 107 Å². The largest absolute Gasteiger partial charge is 0.462 e. The Labute approximate surface area is 350 Å². The quantitative estimate of drug-likeness (QED) is 0.204. The van der Waals surface area contributed by atoms with Crippen molar-refractivity contribution in [1.29, 1.82) is 0 Å². The summed E-state index contributed by atoms with van der Waals surface area (Å²) in [7, 11) is 0. The molecular formula is C44H58Cl2O12. The molecular weight excluding hydrogens is 791 g/mol. The van der Waals surface area contributed by atoms with E-state index in [1.54, 1.807) is 0 Å². The summed E-state index contributed by atoms with van der Waals surface area (Å²) in [6.07, 6.45) is 6.36. The third-order valence-corrected chi connectivity index (χ3v) is 18.2. The number of cyclic esters (lactones) is 2. The van der Waals surface area contributed by atoms with Gasteiger partial charge in [-0.3, -0.25) is 19.2 Å². The molecule has 0 aromatic carbocycles. The van der Waals surface area contributed by atoms with Gasteiger partial charge in [-0.15, -0.1) is 23.2 Å². The van der Waals surface area contributed by atoms with Gasteiger partial charge in [-0.05, 0) is 112 Å². The lowest BCUT2D eigenvalue weighted by atomic mass is 9.46. The highest BCUT2D eigenvalue weighted by Gasteiger charge is 2.72. The summed E-state index contributed by atoms with van der Waals surface area (Å²) < 4.78 is 22.2. The van der Waals surface area contributed by atoms with Crippen molar-refractivity contribution >= 4 is 58.6 Å². The molecule has 0 amide bonds. The smallest absolute Gasteiger partial charge is 0.330 e. The van der Waals surface area contributed by atoms with Gasteiger partial charge in [-0.25, -0.2) is 9.59 Å². The van der Waals surface area contributed by atoms with Gasteiger partial charge in [0.1, 0.15) is 13.2 Å². The van der Waals surface area contributed by atoms with Crippen LogP contribution in [-0.4, -0.2) is 93.0 Å². The normalized spacial score (nSPS) is 48.6. The lowest BCUT2D eigenvalue weighted by Gasteiger charge is -2.60. The van der Waals surface area contributed by atoms with Crippen LogP contribution in [-0.2, 0) is 47.7 Å². The maximum absolute atomic E-state index is 12.8. The Morgan fingerprint density at radius 3 is 1.24 bits per heavy atom. The molecule has 8 aliphatic rings. The summed E-state index contributed by atoms with van der Waals surface area (Å²) in [6, 6.07) is 0. The van der Waals surface area contributed by atoms with Crippen LogP contribution in [0, 0.1) is 57.2 Å². The summed E-state index contributed by atoms with van der Waals surface area (Å²) in [5.41, 5.74) is -2.81. The standard InChI is InChI=1S/2C22H29ClO6/c2*1-11(24)22(29-12(2)25)8-6-14-17-13(5-7-21(14,22)4)20(3)10-28-16(26)9-15(20)18(23)19(17)27/h2*9,13-14,17-19,27H,5-8,10H2,1-4H3/t2*13?,14?,17?,18-,19-,20?,21?,22-/m00/s1. The monoisotopic (exact) mass is 848 g/mol. The maximum atomic E-state index is 12.8. The van der Waals surface area contributed by atoms with Crippen LogP contribution in [0.4, 0.5) is 0 Å². The molecule has 10 unspecified atom stereocenters. The summed E-state index contributed by atoms with van der Waals surface area (Å²) in [4.78, 5) is 73.0. The fourth-order valence-electron chi connectivity index (χ4n) is 14.4. The third kappa shape index (κ3) is 5.87. The fraction of sp³-hybridized carbons (Fsp3) is 0.773. The van der Waals surface area contributed by atoms with Gasteiger partial charge >= 0.3 is 23.9 Å². The first-order chi connectivity index (χ1) is 27.0. The van der Waals surface area contributed by atoms with E-state index in [-0.39, 0.29) is 60.3 Å². The van der Waals surface area contributed by atoms with Crippen molar-refractivity contribution in [2.75, 3.05) is 13.2 Å². The highest BCUT2D eigenvalue weighted by atomic mass is 35.5. The number of halogens is 2. The van der Waals surface area contributed by atoms with E-state index in [2.05, 4.69) is 13.8 Å². The van der Waals surface area contributed by atoms with Crippen molar-refractivity contribution in [2.24, 2.45) is 57.2 Å². The number of aliphatic hydroxyl groups excluding tert-OH is 2. The summed E-state index contributed by atoms with van der Waals surface area (Å²) >= 11 is 13.4. The summed E-state index contributed by atoms with van der Waals surface area (Å²) in [5, 5.41) is 21.1. The van der Waals surface area contributed by atoms with Crippen LogP contribution in [0.2, 0.25) is 0 Å². The van der Waals surface area contributed by atoms with Gasteiger partial charge in [0.2, 0.25) is 0 Å². The number of hydrogen-bond acceptors (Lipinski definition) is 12. The Morgan fingerprint density at radius 2 is 0.931 bits per heavy atom. The highest BCUT2D eigenvalue weighted by molar-refractivity contribution is 6.23. The molecule has 8 rings (SSSR count). The van der Waals surface area contributed by atoms with E-state index in [1.807, 2.05) is 13.8 Å². The molecule has 0 aromatic rings. The van der Waals surface area contributed by atoms with Gasteiger partial charge in [0, 0.05) is 47.7 Å². The maximum Gasteiger partial charge on any atom is 0.330 e. The van der Waals surface area contributed by atoms with Crippen molar-refractivity contribution in [3.05, 3.63) is 23.3 Å². The number of ketones is 2. The zero-order valence-electron chi connectivity index (χ0n) is 34.7. The van der Waals surface area contributed by atoms with Gasteiger partial charge < -0.3 is 29.2 Å². The second-order valence-corrected chi connectivity index (χ2v) is 20.5. The first kappa shape index (κ1) is 43.3. The molecule has 0 radical (unpaired) electrons. The Kier molecular flexibility index (Phi) is 10.8. The van der Waals surface area contributed by atoms with Crippen molar-refractivity contribution in [3.63, 3.8) is 0 Å². The van der Waals surface area contributed by atoms with E-state index in [0.29, 0.717) is 38.5 Å². The topological polar surface area (TPSA) is 180 Å². The summed E-state index contributed by atoms with van der Waals surface area (Å²) in [6.45, 7) is 14.3. The number of carbonyl (C=O) groups excluding carboxylic acids is 6. The van der Waals surface area contributed by atoms with Crippen LogP contribution < -0.4 is 0 Å². The average Bonchev–Trinajstić information content (AvgIpc) is 3.62. The van der Waals surface area contributed by atoms with E-state index < -0.39 is 79.7 Å². The molecule has 0 aromatic heterocycles. The minimum absolute atomic E-state index is 0.0169. The Balaban J connectivity index is 0.000000177. The molecule has 12 nitrogen and oxygen atoms in total. The van der Waals surface area contributed by atoms with Gasteiger partial charge in [-0.1, -0.05) is 27.7 Å². The molecule has 6 aliphatic carbocycles. The molecule has 0 spiro atoms. The number of esters is 4. The minimum atomic E-state index is -1.16. The molecule has 14 heteroatoms. The zero-order chi connectivity index (χ0) is 42.7. The van der Waals surface area contributed by atoms with E-state index in [4.69, 9.17) is 42.1 Å². The lowest BCUT2D eigenvalue weighted by Crippen LogP contribution is -2.63. The second kappa shape index (κ2) is 14.4. The van der Waals surface area contributed by atoms with E-state index >= 15 is 0 Å². The zero-order valence-corrected chi connectivity index (χ0v) is 36.2. The number of alkyl halides is 2. The van der Waals surface area contributed by atoms with E-state index in [0.717, 1.165) is 24.0 Å². The van der Waals surface area contributed by atoms with Gasteiger partial charge in [-0.2, -0.15) is 0 Å². The highest BCUT2D eigenvalue weighted by Crippen LogP contribution is 2.70. The predicted molar refractivity (Wildman–Crippen MR) is 210 cm³/mol. The molecule has 6 fully saturated rings. The number of hydrogen-bond donors (Lipinski definition) is 2. The van der Waals surface area contributed by atoms with Gasteiger partial charge in [0.15, 0.2) is 22.8 Å². The second-order valence-electron chi connectivity index (χ2n) is 19.6. The van der Waals surface area contributed by atoms with Crippen LogP contribution in [0.15, 0.2) is 23.3 Å². The van der Waals surface area contributed by atoms with Crippen molar-refractivity contribution in [3.8, 4) is 0 Å². The summed E-state index contributed by atoms with van der Waals surface area (Å²) in [5.74, 6) is -2.23. The van der Waals surface area contributed by atoms with Crippen molar-refractivity contribution in [2.45, 2.75) is 141 Å². The minimum Gasteiger partial charge on any atom is -0.462 e. The van der Waals surface area contributed by atoms with E-state index in [9.17, 15) is 39.0 Å². The number of aliphatic hydroxyl groups is 2. The van der Waals surface area contributed by atoms with Gasteiger partial charge in [0.05, 0.1) is 23.0 Å². The molecule has 320 valence electrons. The SMILES string of the molecule is CC(=O)O[C@]1(C(C)=O)CCC2C3C(CCC21C)C1(C)COC(=O)C=C1[C@H](Cl)[C@H]3O.CC(=O)O[C@]1(C(C)=O)CCC2C3C(CCC21C)C1(C)COC(=O)C=C1[C@H](Cl)[C@H]3O. The number of carbonyl (C=O) groups is 6. The van der Waals surface area contributed by atoms with Crippen LogP contribution in [0.3, 0.4) is 0 Å². The van der Waals surface area contributed by atoms with Crippen LogP contribution in [0.5, 0.6) is 0 Å². The number of fused-ring (bicyclic) bond motifs is 10. The first-order valence-electron chi connectivity index (χ1n) is 20.8. The molecule has 0 saturated heterocycles. The van der Waals surface area contributed by atoms with Crippen molar-refractivity contribution in [1.82, 2.24) is 0 Å². The average molecular weight is 850 g/mol. The molecule has 2 aliphatic heterocycles. The molecule has 6 saturated carbocycles. The van der Waals surface area contributed by atoms with E-state index in [1.165, 1.54) is 39.8 Å². The molecule has 58 heavy (non-hydrogen) atoms. The third-order valence-electron chi connectivity index (χ3n) is 17.2. The number of ether oxygens (including phenoxy) is 4. The van der Waals surface area contributed by atoms with Crippen molar-refractivity contribution < 1.29 is 57.9 Å². The molecule has 0 bridgehead atoms. The molecule has 2 N–H and O–H groups in total. The first-order valence-corrected chi connectivity index (χ1v) is 21.7. The van der Waals surface area contributed by atoms with Crippen LogP contribution >= 0.6 is 23.2 Å². The fourth-order valence-corrected chi connectivity index (χ4v) is 15.4. The Bertz CT molecular complexity index is 1750. The van der Waals surface area contributed by atoms with Gasteiger partial charge in [0.25, 0.3) is 0 Å². The number of Topliss-reactive ketones (excluding diaryl/α,β-unsaturated/α-hetero) is 2. The molecule has 2 heterocycles. The van der Waals surface area contributed by atoms with Crippen LogP contribution in [0.25, 0.3) is 0 Å². The molecule has 16 atom stereocenters. The number of rotatable bonds is 4. The Morgan fingerprint density at radius 1 is 0.603 bits per heavy atom.